The number of hydrogen-bond acceptors (Lipinski definition) is 6. The molecule has 2 aliphatic rings. The molecule has 1 saturated carbocycles. The maximum Gasteiger partial charge on any atom is 0.233 e. The molecule has 31 heavy (non-hydrogen) atoms. The summed E-state index contributed by atoms with van der Waals surface area (Å²) in [5, 5.41) is 7.41. The van der Waals surface area contributed by atoms with E-state index >= 15 is 0 Å². The van der Waals surface area contributed by atoms with E-state index in [1.807, 2.05) is 4.90 Å². The second-order valence-corrected chi connectivity index (χ2v) is 11.1. The number of hydrogen-bond donors (Lipinski definition) is 1. The molecule has 1 aliphatic heterocycles. The van der Waals surface area contributed by atoms with Crippen molar-refractivity contribution in [3.63, 3.8) is 0 Å². The zero-order chi connectivity index (χ0) is 21.8. The summed E-state index contributed by atoms with van der Waals surface area (Å²) in [6, 6.07) is 6.02. The van der Waals surface area contributed by atoms with E-state index < -0.39 is 9.84 Å². The van der Waals surface area contributed by atoms with Crippen LogP contribution in [0.4, 0.5) is 4.39 Å². The van der Waals surface area contributed by atoms with Crippen molar-refractivity contribution in [1.29, 1.82) is 0 Å². The van der Waals surface area contributed by atoms with Crippen LogP contribution in [-0.2, 0) is 14.6 Å². The quantitative estimate of drug-likeness (QED) is 0.633. The second-order valence-electron chi connectivity index (χ2n) is 7.97. The molecule has 166 valence electrons. The van der Waals surface area contributed by atoms with Gasteiger partial charge in [-0.15, -0.1) is 5.10 Å². The van der Waals surface area contributed by atoms with Crippen LogP contribution in [-0.4, -0.2) is 63.7 Å². The predicted molar refractivity (Wildman–Crippen MR) is 119 cm³/mol. The number of amides is 1. The van der Waals surface area contributed by atoms with Crippen molar-refractivity contribution >= 4 is 39.7 Å². The Bertz CT molecular complexity index is 1050. The standard InChI is InChI=1S/C21H25FN4O3S2/c22-16-8-5-15(6-9-16)7-10-19-23-21(25-24-19)30-13-20(27)26(17-3-1-2-4-17)18-11-12-31(28,29)14-18/h5-10,17-18H,1-4,11-14H2,(H,23,24,25)/b10-7+. The smallest absolute Gasteiger partial charge is 0.233 e. The number of carbonyl (C=O) groups excluding carboxylic acids is 1. The number of nitrogens with one attached hydrogen (secondary N) is 1. The minimum Gasteiger partial charge on any atom is -0.335 e. The number of aromatic amines is 1. The Balaban J connectivity index is 1.37. The van der Waals surface area contributed by atoms with Crippen LogP contribution in [0.3, 0.4) is 0 Å². The average Bonchev–Trinajstić information content (AvgIpc) is 3.48. The normalized spacial score (nSPS) is 21.1. The molecule has 0 spiro atoms. The number of carbonyl (C=O) groups is 1. The van der Waals surface area contributed by atoms with E-state index in [1.165, 1.54) is 23.9 Å². The zero-order valence-electron chi connectivity index (χ0n) is 17.0. The molecule has 0 bridgehead atoms. The summed E-state index contributed by atoms with van der Waals surface area (Å²) >= 11 is 1.24. The molecular weight excluding hydrogens is 439 g/mol. The topological polar surface area (TPSA) is 96.0 Å². The molecule has 2 aromatic rings. The van der Waals surface area contributed by atoms with E-state index in [2.05, 4.69) is 15.2 Å². The van der Waals surface area contributed by atoms with Gasteiger partial charge in [0.05, 0.1) is 17.3 Å². The summed E-state index contributed by atoms with van der Waals surface area (Å²) in [5.74, 6) is 0.597. The van der Waals surface area contributed by atoms with Crippen molar-refractivity contribution in [2.24, 2.45) is 0 Å². The van der Waals surface area contributed by atoms with Crippen LogP contribution in [0, 0.1) is 5.82 Å². The first-order chi connectivity index (χ1) is 14.9. The Hall–Kier alpha value is -2.20. The molecule has 2 heterocycles. The van der Waals surface area contributed by atoms with E-state index in [-0.39, 0.29) is 41.1 Å². The van der Waals surface area contributed by atoms with Crippen LogP contribution < -0.4 is 0 Å². The Morgan fingerprint density at radius 3 is 2.58 bits per heavy atom. The maximum atomic E-state index is 13.0. The van der Waals surface area contributed by atoms with E-state index in [0.29, 0.717) is 17.4 Å². The second kappa shape index (κ2) is 9.52. The van der Waals surface area contributed by atoms with Gasteiger partial charge in [0.15, 0.2) is 9.84 Å². The largest absolute Gasteiger partial charge is 0.335 e. The van der Waals surface area contributed by atoms with Crippen molar-refractivity contribution in [3.8, 4) is 0 Å². The van der Waals surface area contributed by atoms with Crippen molar-refractivity contribution < 1.29 is 17.6 Å². The van der Waals surface area contributed by atoms with E-state index in [9.17, 15) is 17.6 Å². The van der Waals surface area contributed by atoms with Gasteiger partial charge in [-0.1, -0.05) is 42.8 Å². The number of halogens is 1. The van der Waals surface area contributed by atoms with Crippen molar-refractivity contribution in [3.05, 3.63) is 41.5 Å². The highest BCUT2D eigenvalue weighted by Gasteiger charge is 2.38. The molecule has 1 N–H and O–H groups in total. The molecule has 7 nitrogen and oxygen atoms in total. The van der Waals surface area contributed by atoms with Gasteiger partial charge in [0.25, 0.3) is 0 Å². The van der Waals surface area contributed by atoms with Crippen LogP contribution in [0.5, 0.6) is 0 Å². The van der Waals surface area contributed by atoms with Gasteiger partial charge in [-0.3, -0.25) is 9.89 Å². The lowest BCUT2D eigenvalue weighted by Crippen LogP contribution is -2.47. The highest BCUT2D eigenvalue weighted by molar-refractivity contribution is 7.99. The minimum absolute atomic E-state index is 0.0489. The van der Waals surface area contributed by atoms with E-state index in [4.69, 9.17) is 0 Å². The molecule has 1 aromatic carbocycles. The van der Waals surface area contributed by atoms with Gasteiger partial charge in [0, 0.05) is 12.1 Å². The van der Waals surface area contributed by atoms with Crippen molar-refractivity contribution in [1.82, 2.24) is 20.1 Å². The lowest BCUT2D eigenvalue weighted by molar-refractivity contribution is -0.132. The minimum atomic E-state index is -3.06. The third-order valence-electron chi connectivity index (χ3n) is 5.72. The number of thioether (sulfide) groups is 1. The van der Waals surface area contributed by atoms with Crippen LogP contribution in [0.2, 0.25) is 0 Å². The van der Waals surface area contributed by atoms with Gasteiger partial charge in [-0.2, -0.15) is 0 Å². The van der Waals surface area contributed by atoms with Gasteiger partial charge in [-0.25, -0.2) is 17.8 Å². The molecular formula is C21H25FN4O3S2. The van der Waals surface area contributed by atoms with Gasteiger partial charge in [0.2, 0.25) is 11.1 Å². The summed E-state index contributed by atoms with van der Waals surface area (Å²) in [5.41, 5.74) is 0.834. The van der Waals surface area contributed by atoms with Crippen LogP contribution in [0.25, 0.3) is 12.2 Å². The number of aromatic nitrogens is 3. The molecule has 0 radical (unpaired) electrons. The summed E-state index contributed by atoms with van der Waals surface area (Å²) in [6.45, 7) is 0. The summed E-state index contributed by atoms with van der Waals surface area (Å²) in [4.78, 5) is 19.2. The molecule has 2 fully saturated rings. The summed E-state index contributed by atoms with van der Waals surface area (Å²) in [6.07, 6.45) is 8.08. The van der Waals surface area contributed by atoms with Crippen LogP contribution >= 0.6 is 11.8 Å². The number of benzene rings is 1. The van der Waals surface area contributed by atoms with Crippen LogP contribution in [0.1, 0.15) is 43.5 Å². The monoisotopic (exact) mass is 464 g/mol. The first-order valence-corrected chi connectivity index (χ1v) is 13.2. The van der Waals surface area contributed by atoms with Crippen molar-refractivity contribution in [2.45, 2.75) is 49.3 Å². The Kier molecular flexibility index (Phi) is 6.76. The summed E-state index contributed by atoms with van der Waals surface area (Å²) in [7, 11) is -3.06. The molecule has 1 aliphatic carbocycles. The van der Waals surface area contributed by atoms with Gasteiger partial charge < -0.3 is 4.90 Å². The van der Waals surface area contributed by atoms with Gasteiger partial charge in [0.1, 0.15) is 11.6 Å². The van der Waals surface area contributed by atoms with Crippen molar-refractivity contribution in [2.75, 3.05) is 17.3 Å². The molecule has 1 amide bonds. The van der Waals surface area contributed by atoms with Crippen LogP contribution in [0.15, 0.2) is 29.4 Å². The zero-order valence-corrected chi connectivity index (χ0v) is 18.7. The molecule has 1 unspecified atom stereocenters. The first-order valence-electron chi connectivity index (χ1n) is 10.4. The SMILES string of the molecule is O=C(CSc1n[nH]c(/C=C/c2ccc(F)cc2)n1)N(C1CCCC1)C1CCS(=O)(=O)C1. The fourth-order valence-electron chi connectivity index (χ4n) is 4.23. The first kappa shape index (κ1) is 22.0. The lowest BCUT2D eigenvalue weighted by Gasteiger charge is -2.34. The molecule has 1 saturated heterocycles. The molecule has 10 heteroatoms. The number of rotatable bonds is 7. The molecule has 1 aromatic heterocycles. The van der Waals surface area contributed by atoms with Gasteiger partial charge >= 0.3 is 0 Å². The third kappa shape index (κ3) is 5.74. The fourth-order valence-corrected chi connectivity index (χ4v) is 6.62. The Morgan fingerprint density at radius 2 is 1.90 bits per heavy atom. The lowest BCUT2D eigenvalue weighted by atomic mass is 10.1. The Morgan fingerprint density at radius 1 is 1.16 bits per heavy atom. The molecule has 4 rings (SSSR count). The van der Waals surface area contributed by atoms with Gasteiger partial charge in [-0.05, 0) is 43.0 Å². The summed E-state index contributed by atoms with van der Waals surface area (Å²) < 4.78 is 36.9. The fraction of sp³-hybridized carbons (Fsp3) is 0.476. The highest BCUT2D eigenvalue weighted by atomic mass is 32.2. The average molecular weight is 465 g/mol. The molecule has 1 atom stereocenters. The third-order valence-corrected chi connectivity index (χ3v) is 8.30. The number of nitrogens with zero attached hydrogens (tertiary/aromatic N) is 3. The predicted octanol–water partition coefficient (Wildman–Crippen LogP) is 3.16. The van der Waals surface area contributed by atoms with E-state index in [0.717, 1.165) is 31.2 Å². The highest BCUT2D eigenvalue weighted by Crippen LogP contribution is 2.30. The van der Waals surface area contributed by atoms with E-state index in [1.54, 1.807) is 24.3 Å². The Labute approximate surface area is 185 Å². The number of sulfone groups is 1. The maximum absolute atomic E-state index is 13.0. The number of H-pyrrole nitrogens is 1.